The lowest BCUT2D eigenvalue weighted by molar-refractivity contribution is -0.148. The van der Waals surface area contributed by atoms with Crippen LogP contribution in [0.2, 0.25) is 0 Å². The molecule has 1 aliphatic heterocycles. The van der Waals surface area contributed by atoms with Crippen LogP contribution in [0.1, 0.15) is 52.7 Å². The third kappa shape index (κ3) is 5.05. The van der Waals surface area contributed by atoms with Gasteiger partial charge in [-0.2, -0.15) is 5.10 Å². The van der Waals surface area contributed by atoms with Gasteiger partial charge < -0.3 is 25.8 Å². The maximum atomic E-state index is 13.1. The van der Waals surface area contributed by atoms with Crippen molar-refractivity contribution in [2.45, 2.75) is 32.7 Å². The van der Waals surface area contributed by atoms with Crippen LogP contribution in [0.3, 0.4) is 0 Å². The van der Waals surface area contributed by atoms with Crippen molar-refractivity contribution in [1.29, 1.82) is 0 Å². The topological polar surface area (TPSA) is 164 Å². The summed E-state index contributed by atoms with van der Waals surface area (Å²) in [5, 5.41) is 21.9. The molecule has 5 rings (SSSR count). The van der Waals surface area contributed by atoms with Crippen molar-refractivity contribution in [2.24, 2.45) is 5.41 Å². The van der Waals surface area contributed by atoms with Crippen molar-refractivity contribution in [3.8, 4) is 5.75 Å². The number of aromatic nitrogens is 3. The van der Waals surface area contributed by atoms with Gasteiger partial charge >= 0.3 is 5.97 Å². The van der Waals surface area contributed by atoms with Gasteiger partial charge in [0.1, 0.15) is 17.1 Å². The number of carboxylic acids is 1. The Morgan fingerprint density at radius 3 is 2.74 bits per heavy atom. The van der Waals surface area contributed by atoms with Crippen molar-refractivity contribution in [1.82, 2.24) is 25.2 Å². The van der Waals surface area contributed by atoms with Gasteiger partial charge in [0.25, 0.3) is 17.7 Å². The average molecular weight is 519 g/mol. The number of aliphatic carboxylic acids is 1. The zero-order valence-electron chi connectivity index (χ0n) is 20.6. The summed E-state index contributed by atoms with van der Waals surface area (Å²) in [4.78, 5) is 53.3. The number of benzene rings is 1. The van der Waals surface area contributed by atoms with E-state index in [-0.39, 0.29) is 37.0 Å². The zero-order valence-corrected chi connectivity index (χ0v) is 20.6. The quantitative estimate of drug-likeness (QED) is 0.345. The third-order valence-corrected chi connectivity index (χ3v) is 6.79. The molecule has 4 N–H and O–H groups in total. The minimum absolute atomic E-state index is 0.0382. The predicted octanol–water partition coefficient (Wildman–Crippen LogP) is 1.92. The van der Waals surface area contributed by atoms with E-state index >= 15 is 0 Å². The summed E-state index contributed by atoms with van der Waals surface area (Å²) < 4.78 is 6.71. The highest BCUT2D eigenvalue weighted by Gasteiger charge is 2.34. The fourth-order valence-electron chi connectivity index (χ4n) is 4.35. The summed E-state index contributed by atoms with van der Waals surface area (Å²) in [6.45, 7) is 2.11. The first-order valence-corrected chi connectivity index (χ1v) is 12.1. The molecule has 2 aliphatic rings. The summed E-state index contributed by atoms with van der Waals surface area (Å²) in [5.41, 5.74) is 1.97. The van der Waals surface area contributed by atoms with Gasteiger partial charge in [-0.15, -0.1) is 0 Å². The highest BCUT2D eigenvalue weighted by Crippen LogP contribution is 2.35. The van der Waals surface area contributed by atoms with Crippen LogP contribution in [-0.2, 0) is 16.1 Å². The largest absolute Gasteiger partial charge is 0.482 e. The SMILES string of the molecule is CC1(C(=O)O)CC=C(CNC(=O)c2cc(C(=O)NCc3ccc4c(c3)NC(=O)CO4)nc3ccnn23)CC1. The molecule has 38 heavy (non-hydrogen) atoms. The van der Waals surface area contributed by atoms with E-state index in [0.717, 1.165) is 11.1 Å². The molecule has 1 aliphatic carbocycles. The Bertz CT molecular complexity index is 1490. The molecular formula is C26H26N6O6. The van der Waals surface area contributed by atoms with Gasteiger partial charge in [0.05, 0.1) is 17.3 Å². The van der Waals surface area contributed by atoms with Gasteiger partial charge in [-0.05, 0) is 43.9 Å². The molecule has 0 saturated carbocycles. The number of fused-ring (bicyclic) bond motifs is 2. The summed E-state index contributed by atoms with van der Waals surface area (Å²) in [5.74, 6) is -1.44. The lowest BCUT2D eigenvalue weighted by Gasteiger charge is -2.28. The van der Waals surface area contributed by atoms with Crippen molar-refractivity contribution in [2.75, 3.05) is 18.5 Å². The molecule has 3 amide bonds. The Hall–Kier alpha value is -4.74. The Balaban J connectivity index is 1.27. The van der Waals surface area contributed by atoms with E-state index < -0.39 is 23.2 Å². The third-order valence-electron chi connectivity index (χ3n) is 6.79. The molecule has 3 heterocycles. The van der Waals surface area contributed by atoms with Crippen LogP contribution in [0.15, 0.2) is 48.2 Å². The fourth-order valence-corrected chi connectivity index (χ4v) is 4.35. The molecule has 196 valence electrons. The number of amides is 3. The van der Waals surface area contributed by atoms with Crippen LogP contribution in [-0.4, -0.2) is 56.5 Å². The van der Waals surface area contributed by atoms with E-state index in [1.165, 1.54) is 16.8 Å². The van der Waals surface area contributed by atoms with Gasteiger partial charge in [-0.3, -0.25) is 19.2 Å². The first-order valence-electron chi connectivity index (χ1n) is 12.1. The minimum Gasteiger partial charge on any atom is -0.482 e. The lowest BCUT2D eigenvalue weighted by atomic mass is 9.76. The van der Waals surface area contributed by atoms with Crippen LogP contribution in [0.25, 0.3) is 5.65 Å². The Morgan fingerprint density at radius 2 is 1.97 bits per heavy atom. The van der Waals surface area contributed by atoms with Crippen molar-refractivity contribution < 1.29 is 29.0 Å². The van der Waals surface area contributed by atoms with Crippen LogP contribution in [0.5, 0.6) is 5.75 Å². The second-order valence-electron chi connectivity index (χ2n) is 9.59. The molecule has 3 aromatic rings. The van der Waals surface area contributed by atoms with Crippen molar-refractivity contribution in [3.63, 3.8) is 0 Å². The number of carbonyl (C=O) groups is 4. The number of carbonyl (C=O) groups excluding carboxylic acids is 3. The highest BCUT2D eigenvalue weighted by molar-refractivity contribution is 5.98. The number of hydrogen-bond donors (Lipinski definition) is 4. The molecule has 12 nitrogen and oxygen atoms in total. The lowest BCUT2D eigenvalue weighted by Crippen LogP contribution is -2.33. The molecule has 12 heteroatoms. The van der Waals surface area contributed by atoms with Crippen LogP contribution >= 0.6 is 0 Å². The maximum Gasteiger partial charge on any atom is 0.309 e. The van der Waals surface area contributed by atoms with Gasteiger partial charge in [0, 0.05) is 25.2 Å². The normalized spacial score (nSPS) is 18.6. The molecular weight excluding hydrogens is 492 g/mol. The zero-order chi connectivity index (χ0) is 26.9. The maximum absolute atomic E-state index is 13.1. The van der Waals surface area contributed by atoms with E-state index in [2.05, 4.69) is 26.0 Å². The first kappa shape index (κ1) is 24.9. The van der Waals surface area contributed by atoms with Gasteiger partial charge in [-0.1, -0.05) is 17.7 Å². The van der Waals surface area contributed by atoms with E-state index in [0.29, 0.717) is 36.3 Å². The van der Waals surface area contributed by atoms with Crippen molar-refractivity contribution in [3.05, 3.63) is 65.1 Å². The monoisotopic (exact) mass is 518 g/mol. The van der Waals surface area contributed by atoms with E-state index in [9.17, 15) is 24.3 Å². The number of rotatable bonds is 7. The first-order chi connectivity index (χ1) is 18.2. The second-order valence-corrected chi connectivity index (χ2v) is 9.59. The van der Waals surface area contributed by atoms with Crippen LogP contribution in [0.4, 0.5) is 5.69 Å². The molecule has 0 spiro atoms. The number of carboxylic acid groups (broad SMARTS) is 1. The van der Waals surface area contributed by atoms with E-state index in [4.69, 9.17) is 4.74 Å². The molecule has 1 atom stereocenters. The molecule has 0 saturated heterocycles. The molecule has 1 unspecified atom stereocenters. The number of nitrogens with one attached hydrogen (secondary N) is 3. The molecule has 1 aromatic carbocycles. The number of nitrogens with zero attached hydrogens (tertiary/aromatic N) is 3. The molecule has 0 bridgehead atoms. The Labute approximate surface area is 217 Å². The Kier molecular flexibility index (Phi) is 6.53. The van der Waals surface area contributed by atoms with Gasteiger partial charge in [-0.25, -0.2) is 9.50 Å². The second kappa shape index (κ2) is 9.96. The Morgan fingerprint density at radius 1 is 1.16 bits per heavy atom. The predicted molar refractivity (Wildman–Crippen MR) is 135 cm³/mol. The fraction of sp³-hybridized carbons (Fsp3) is 0.308. The van der Waals surface area contributed by atoms with E-state index in [1.54, 1.807) is 31.2 Å². The average Bonchev–Trinajstić information content (AvgIpc) is 3.39. The number of anilines is 1. The summed E-state index contributed by atoms with van der Waals surface area (Å²) >= 11 is 0. The number of allylic oxidation sites excluding steroid dienone is 1. The van der Waals surface area contributed by atoms with Gasteiger partial charge in [0.15, 0.2) is 12.3 Å². The van der Waals surface area contributed by atoms with Crippen LogP contribution in [0, 0.1) is 5.41 Å². The molecule has 0 radical (unpaired) electrons. The van der Waals surface area contributed by atoms with Crippen molar-refractivity contribution >= 4 is 35.0 Å². The summed E-state index contributed by atoms with van der Waals surface area (Å²) in [6, 6.07) is 8.19. The summed E-state index contributed by atoms with van der Waals surface area (Å²) in [7, 11) is 0. The van der Waals surface area contributed by atoms with E-state index in [1.807, 2.05) is 6.08 Å². The number of hydrogen-bond acceptors (Lipinski definition) is 7. The molecule has 0 fully saturated rings. The molecule has 2 aromatic heterocycles. The minimum atomic E-state index is -0.826. The highest BCUT2D eigenvalue weighted by atomic mass is 16.5. The summed E-state index contributed by atoms with van der Waals surface area (Å²) in [6.07, 6.45) is 4.82. The standard InChI is InChI=1S/C26H26N6O6/c1-26(25(36)37)7-4-15(5-8-26)12-28-24(35)19-11-18(30-21-6-9-29-32(19)21)23(34)27-13-16-2-3-20-17(10-16)31-22(33)14-38-20/h2-4,6,9-11H,5,7-8,12-14H2,1H3,(H,27,34)(H,28,35)(H,31,33)(H,36,37). The van der Waals surface area contributed by atoms with Crippen LogP contribution < -0.4 is 20.7 Å². The van der Waals surface area contributed by atoms with Gasteiger partial charge in [0.2, 0.25) is 0 Å². The number of ether oxygens (including phenoxy) is 1. The smallest absolute Gasteiger partial charge is 0.309 e.